The molecular weight excluding hydrogens is 262 g/mol. The van der Waals surface area contributed by atoms with Crippen molar-refractivity contribution in [2.45, 2.75) is 19.9 Å². The topological polar surface area (TPSA) is 58.4 Å². The average Bonchev–Trinajstić information content (AvgIpc) is 2.47. The zero-order valence-corrected chi connectivity index (χ0v) is 12.6. The van der Waals surface area contributed by atoms with Crippen molar-refractivity contribution in [2.75, 3.05) is 17.3 Å². The summed E-state index contributed by atoms with van der Waals surface area (Å²) in [6.07, 6.45) is 0. The third-order valence-electron chi connectivity index (χ3n) is 3.38. The lowest BCUT2D eigenvalue weighted by molar-refractivity contribution is 0.258. The smallest absolute Gasteiger partial charge is 0.324 e. The summed E-state index contributed by atoms with van der Waals surface area (Å²) >= 11 is 0. The van der Waals surface area contributed by atoms with Crippen molar-refractivity contribution in [3.8, 4) is 0 Å². The fraction of sp³-hybridized carbons (Fsp3) is 0.235. The number of aryl methyl sites for hydroxylation is 1. The molecule has 4 nitrogen and oxygen atoms in total. The predicted molar refractivity (Wildman–Crippen MR) is 87.6 cm³/mol. The summed E-state index contributed by atoms with van der Waals surface area (Å²) in [5, 5.41) is 2.87. The summed E-state index contributed by atoms with van der Waals surface area (Å²) < 4.78 is 0. The van der Waals surface area contributed by atoms with Crippen molar-refractivity contribution in [3.05, 3.63) is 59.7 Å². The molecule has 0 aliphatic rings. The van der Waals surface area contributed by atoms with Crippen molar-refractivity contribution < 1.29 is 4.79 Å². The molecule has 0 heterocycles. The number of nitrogens with one attached hydrogen (secondary N) is 1. The minimum absolute atomic E-state index is 0.00952. The summed E-state index contributed by atoms with van der Waals surface area (Å²) in [7, 11) is 1.75. The monoisotopic (exact) mass is 283 g/mol. The van der Waals surface area contributed by atoms with Crippen LogP contribution >= 0.6 is 0 Å². The Kier molecular flexibility index (Phi) is 4.60. The number of carbonyl (C=O) groups is 1. The van der Waals surface area contributed by atoms with E-state index in [0.29, 0.717) is 0 Å². The van der Waals surface area contributed by atoms with E-state index >= 15 is 0 Å². The lowest BCUT2D eigenvalue weighted by Gasteiger charge is -2.18. The second-order valence-electron chi connectivity index (χ2n) is 5.24. The predicted octanol–water partition coefficient (Wildman–Crippen LogP) is 3.68. The first kappa shape index (κ1) is 15.1. The molecule has 0 fully saturated rings. The maximum atomic E-state index is 12.2. The van der Waals surface area contributed by atoms with Gasteiger partial charge in [0.1, 0.15) is 0 Å². The van der Waals surface area contributed by atoms with Gasteiger partial charge in [-0.2, -0.15) is 0 Å². The molecule has 0 aliphatic heterocycles. The van der Waals surface area contributed by atoms with Gasteiger partial charge in [0.05, 0.1) is 0 Å². The number of hydrogen-bond acceptors (Lipinski definition) is 2. The molecule has 0 saturated heterocycles. The lowest BCUT2D eigenvalue weighted by Crippen LogP contribution is -2.31. The van der Waals surface area contributed by atoms with E-state index in [-0.39, 0.29) is 12.1 Å². The third-order valence-corrected chi connectivity index (χ3v) is 3.38. The van der Waals surface area contributed by atoms with Crippen molar-refractivity contribution >= 4 is 17.4 Å². The van der Waals surface area contributed by atoms with E-state index in [1.165, 1.54) is 0 Å². The SMILES string of the molecule is Cc1cccc(N(C)C(=O)Nc2ccc(C(C)N)cc2)c1. The molecule has 1 unspecified atom stereocenters. The summed E-state index contributed by atoms with van der Waals surface area (Å²) in [5.74, 6) is 0. The first-order chi connectivity index (χ1) is 9.97. The van der Waals surface area contributed by atoms with Crippen LogP contribution in [-0.2, 0) is 0 Å². The van der Waals surface area contributed by atoms with E-state index in [9.17, 15) is 4.79 Å². The second-order valence-corrected chi connectivity index (χ2v) is 5.24. The van der Waals surface area contributed by atoms with Crippen LogP contribution in [0.5, 0.6) is 0 Å². The Bertz CT molecular complexity index is 620. The molecule has 1 atom stereocenters. The van der Waals surface area contributed by atoms with Gasteiger partial charge in [0.25, 0.3) is 0 Å². The second kappa shape index (κ2) is 6.41. The molecule has 0 aromatic heterocycles. The molecule has 0 aliphatic carbocycles. The minimum atomic E-state index is -0.172. The van der Waals surface area contributed by atoms with Crippen LogP contribution in [0.1, 0.15) is 24.1 Å². The largest absolute Gasteiger partial charge is 0.326 e. The summed E-state index contributed by atoms with van der Waals surface area (Å²) in [6, 6.07) is 15.2. The molecule has 2 aromatic carbocycles. The number of anilines is 2. The number of benzene rings is 2. The average molecular weight is 283 g/mol. The Balaban J connectivity index is 2.07. The van der Waals surface area contributed by atoms with Crippen LogP contribution in [0, 0.1) is 6.92 Å². The van der Waals surface area contributed by atoms with Crippen molar-refractivity contribution in [1.82, 2.24) is 0 Å². The standard InChI is InChI=1S/C17H21N3O/c1-12-5-4-6-16(11-12)20(3)17(21)19-15-9-7-14(8-10-15)13(2)18/h4-11,13H,18H2,1-3H3,(H,19,21). The maximum absolute atomic E-state index is 12.2. The highest BCUT2D eigenvalue weighted by molar-refractivity contribution is 6.01. The Hall–Kier alpha value is -2.33. The first-order valence-electron chi connectivity index (χ1n) is 6.94. The quantitative estimate of drug-likeness (QED) is 0.902. The Morgan fingerprint density at radius 3 is 2.43 bits per heavy atom. The highest BCUT2D eigenvalue weighted by Gasteiger charge is 2.11. The number of rotatable bonds is 3. The minimum Gasteiger partial charge on any atom is -0.324 e. The summed E-state index contributed by atoms with van der Waals surface area (Å²) in [4.78, 5) is 13.8. The van der Waals surface area contributed by atoms with Gasteiger partial charge in [0.15, 0.2) is 0 Å². The molecule has 0 radical (unpaired) electrons. The van der Waals surface area contributed by atoms with E-state index in [1.807, 2.05) is 62.4 Å². The Morgan fingerprint density at radius 2 is 1.86 bits per heavy atom. The van der Waals surface area contributed by atoms with Crippen LogP contribution in [-0.4, -0.2) is 13.1 Å². The number of urea groups is 1. The molecule has 110 valence electrons. The Labute approximate surface area is 125 Å². The maximum Gasteiger partial charge on any atom is 0.326 e. The highest BCUT2D eigenvalue weighted by Crippen LogP contribution is 2.17. The number of nitrogens with two attached hydrogens (primary N) is 1. The fourth-order valence-corrected chi connectivity index (χ4v) is 2.03. The van der Waals surface area contributed by atoms with Gasteiger partial charge < -0.3 is 11.1 Å². The molecule has 0 bridgehead atoms. The van der Waals surface area contributed by atoms with Crippen LogP contribution in [0.25, 0.3) is 0 Å². The molecular formula is C17H21N3O. The molecule has 4 heteroatoms. The van der Waals surface area contributed by atoms with Crippen LogP contribution in [0.15, 0.2) is 48.5 Å². The normalized spacial score (nSPS) is 11.8. The van der Waals surface area contributed by atoms with Crippen LogP contribution in [0.3, 0.4) is 0 Å². The third kappa shape index (κ3) is 3.83. The molecule has 0 saturated carbocycles. The van der Waals surface area contributed by atoms with Gasteiger partial charge in [-0.3, -0.25) is 4.90 Å². The fourth-order valence-electron chi connectivity index (χ4n) is 2.03. The van der Waals surface area contributed by atoms with Gasteiger partial charge in [-0.1, -0.05) is 24.3 Å². The molecule has 0 spiro atoms. The zero-order valence-electron chi connectivity index (χ0n) is 12.6. The molecule has 3 N–H and O–H groups in total. The number of hydrogen-bond donors (Lipinski definition) is 2. The lowest BCUT2D eigenvalue weighted by atomic mass is 10.1. The van der Waals surface area contributed by atoms with Gasteiger partial charge in [-0.15, -0.1) is 0 Å². The van der Waals surface area contributed by atoms with Crippen LogP contribution in [0.2, 0.25) is 0 Å². The molecule has 2 amide bonds. The van der Waals surface area contributed by atoms with Gasteiger partial charge in [-0.05, 0) is 49.2 Å². The van der Waals surface area contributed by atoms with Crippen molar-refractivity contribution in [2.24, 2.45) is 5.73 Å². The highest BCUT2D eigenvalue weighted by atomic mass is 16.2. The van der Waals surface area contributed by atoms with Gasteiger partial charge in [0, 0.05) is 24.5 Å². The number of carbonyl (C=O) groups excluding carboxylic acids is 1. The van der Waals surface area contributed by atoms with E-state index in [1.54, 1.807) is 11.9 Å². The van der Waals surface area contributed by atoms with E-state index in [0.717, 1.165) is 22.5 Å². The number of amides is 2. The van der Waals surface area contributed by atoms with Gasteiger partial charge >= 0.3 is 6.03 Å². The van der Waals surface area contributed by atoms with E-state index in [2.05, 4.69) is 5.32 Å². The van der Waals surface area contributed by atoms with E-state index in [4.69, 9.17) is 5.73 Å². The zero-order chi connectivity index (χ0) is 15.4. The van der Waals surface area contributed by atoms with Crippen molar-refractivity contribution in [3.63, 3.8) is 0 Å². The number of nitrogens with zero attached hydrogens (tertiary/aromatic N) is 1. The first-order valence-corrected chi connectivity index (χ1v) is 6.94. The summed E-state index contributed by atoms with van der Waals surface area (Å²) in [6.45, 7) is 3.93. The van der Waals surface area contributed by atoms with Gasteiger partial charge in [0.2, 0.25) is 0 Å². The molecule has 2 aromatic rings. The summed E-state index contributed by atoms with van der Waals surface area (Å²) in [5.41, 5.74) is 9.58. The molecule has 21 heavy (non-hydrogen) atoms. The van der Waals surface area contributed by atoms with Gasteiger partial charge in [-0.25, -0.2) is 4.79 Å². The van der Waals surface area contributed by atoms with Crippen LogP contribution in [0.4, 0.5) is 16.2 Å². The Morgan fingerprint density at radius 1 is 1.19 bits per heavy atom. The van der Waals surface area contributed by atoms with Crippen LogP contribution < -0.4 is 16.0 Å². The van der Waals surface area contributed by atoms with Crippen molar-refractivity contribution in [1.29, 1.82) is 0 Å². The van der Waals surface area contributed by atoms with E-state index < -0.39 is 0 Å². The molecule has 2 rings (SSSR count).